The molecular weight excluding hydrogens is 326 g/mol. The number of benzene rings is 1. The maximum Gasteiger partial charge on any atom is 0.345 e. The molecule has 0 aliphatic rings. The molecule has 3 rings (SSSR count). The number of aromatic hydroxyl groups is 1. The molecule has 0 spiro atoms. The zero-order valence-electron chi connectivity index (χ0n) is 11.3. The molecular formula is C14H10ClN3O3S. The number of ether oxygens (including phenoxy) is 1. The van der Waals surface area contributed by atoms with Gasteiger partial charge in [0, 0.05) is 11.8 Å². The van der Waals surface area contributed by atoms with Crippen molar-refractivity contribution in [2.75, 3.05) is 7.11 Å². The van der Waals surface area contributed by atoms with Crippen molar-refractivity contribution in [3.63, 3.8) is 0 Å². The van der Waals surface area contributed by atoms with E-state index < -0.39 is 5.69 Å². The largest absolute Gasteiger partial charge is 0.504 e. The highest BCUT2D eigenvalue weighted by Crippen LogP contribution is 2.32. The van der Waals surface area contributed by atoms with E-state index in [-0.39, 0.29) is 5.75 Å². The van der Waals surface area contributed by atoms with Gasteiger partial charge in [0.2, 0.25) is 0 Å². The minimum atomic E-state index is -0.482. The Morgan fingerprint density at radius 3 is 2.86 bits per heavy atom. The molecule has 112 valence electrons. The minimum Gasteiger partial charge on any atom is -0.504 e. The molecule has 1 aromatic carbocycles. The van der Waals surface area contributed by atoms with E-state index in [4.69, 9.17) is 16.3 Å². The van der Waals surface area contributed by atoms with Gasteiger partial charge in [-0.3, -0.25) is 0 Å². The SMILES string of the molecule is COc1cc(-c2cc(-c3cnc(Cl)s3)[nH]c(=O)n2)ccc1O. The molecule has 6 nitrogen and oxygen atoms in total. The van der Waals surface area contributed by atoms with Crippen LogP contribution in [-0.4, -0.2) is 27.2 Å². The van der Waals surface area contributed by atoms with Crippen LogP contribution < -0.4 is 10.4 Å². The van der Waals surface area contributed by atoms with Crippen LogP contribution in [0.1, 0.15) is 0 Å². The number of aromatic nitrogens is 3. The molecule has 2 N–H and O–H groups in total. The highest BCUT2D eigenvalue weighted by molar-refractivity contribution is 7.18. The van der Waals surface area contributed by atoms with Crippen LogP contribution in [0.3, 0.4) is 0 Å². The van der Waals surface area contributed by atoms with Gasteiger partial charge in [0.1, 0.15) is 0 Å². The molecule has 0 atom stereocenters. The van der Waals surface area contributed by atoms with Crippen LogP contribution in [0.15, 0.2) is 35.3 Å². The molecule has 0 radical (unpaired) electrons. The zero-order valence-corrected chi connectivity index (χ0v) is 12.9. The fourth-order valence-electron chi connectivity index (χ4n) is 1.95. The predicted molar refractivity (Wildman–Crippen MR) is 84.6 cm³/mol. The van der Waals surface area contributed by atoms with E-state index in [0.29, 0.717) is 27.2 Å². The van der Waals surface area contributed by atoms with Crippen molar-refractivity contribution >= 4 is 22.9 Å². The van der Waals surface area contributed by atoms with Crippen molar-refractivity contribution in [3.05, 3.63) is 45.4 Å². The number of rotatable bonds is 3. The number of phenols is 1. The monoisotopic (exact) mass is 335 g/mol. The van der Waals surface area contributed by atoms with Crippen LogP contribution in [-0.2, 0) is 0 Å². The summed E-state index contributed by atoms with van der Waals surface area (Å²) in [6, 6.07) is 6.47. The van der Waals surface area contributed by atoms with Gasteiger partial charge in [-0.05, 0) is 24.3 Å². The number of nitrogens with one attached hydrogen (secondary N) is 1. The highest BCUT2D eigenvalue weighted by Gasteiger charge is 2.10. The molecule has 3 aromatic rings. The van der Waals surface area contributed by atoms with Crippen LogP contribution >= 0.6 is 22.9 Å². The lowest BCUT2D eigenvalue weighted by Gasteiger charge is -2.07. The third-order valence-electron chi connectivity index (χ3n) is 2.96. The Bertz CT molecular complexity index is 891. The second kappa shape index (κ2) is 5.78. The van der Waals surface area contributed by atoms with Gasteiger partial charge in [-0.15, -0.1) is 11.3 Å². The lowest BCUT2D eigenvalue weighted by Crippen LogP contribution is -2.11. The molecule has 0 amide bonds. The summed E-state index contributed by atoms with van der Waals surface area (Å²) >= 11 is 7.07. The number of H-pyrrole nitrogens is 1. The summed E-state index contributed by atoms with van der Waals surface area (Å²) in [5.74, 6) is 0.326. The second-order valence-electron chi connectivity index (χ2n) is 4.35. The first-order chi connectivity index (χ1) is 10.6. The summed E-state index contributed by atoms with van der Waals surface area (Å²) in [4.78, 5) is 23.1. The van der Waals surface area contributed by atoms with Gasteiger partial charge in [0.15, 0.2) is 16.0 Å². The summed E-state index contributed by atoms with van der Waals surface area (Å²) in [5.41, 5.74) is 1.20. The molecule has 0 fully saturated rings. The fourth-order valence-corrected chi connectivity index (χ4v) is 2.86. The van der Waals surface area contributed by atoms with E-state index in [9.17, 15) is 9.90 Å². The van der Waals surface area contributed by atoms with E-state index in [0.717, 1.165) is 4.88 Å². The first-order valence-corrected chi connectivity index (χ1v) is 7.36. The molecule has 0 unspecified atom stereocenters. The van der Waals surface area contributed by atoms with Crippen LogP contribution in [0.25, 0.3) is 21.8 Å². The van der Waals surface area contributed by atoms with Crippen LogP contribution in [0, 0.1) is 0 Å². The van der Waals surface area contributed by atoms with Crippen molar-refractivity contribution in [2.24, 2.45) is 0 Å². The van der Waals surface area contributed by atoms with E-state index in [1.807, 2.05) is 0 Å². The molecule has 2 heterocycles. The first kappa shape index (κ1) is 14.6. The molecule has 22 heavy (non-hydrogen) atoms. The predicted octanol–water partition coefficient (Wildman–Crippen LogP) is 2.93. The van der Waals surface area contributed by atoms with Crippen LogP contribution in [0.4, 0.5) is 0 Å². The quantitative estimate of drug-likeness (QED) is 0.768. The number of aromatic amines is 1. The molecule has 0 aliphatic carbocycles. The standard InChI is InChI=1S/C14H10ClN3O3S/c1-21-11-4-7(2-3-10(11)19)8-5-9(18-14(20)17-8)12-6-16-13(15)22-12/h2-6,19H,1H3,(H,17,18,20). The number of nitrogens with zero attached hydrogens (tertiary/aromatic N) is 2. The van der Waals surface area contributed by atoms with E-state index in [1.54, 1.807) is 24.4 Å². The number of phenolic OH excluding ortho intramolecular Hbond substituents is 1. The maximum absolute atomic E-state index is 11.8. The lowest BCUT2D eigenvalue weighted by molar-refractivity contribution is 0.373. The Hall–Kier alpha value is -2.38. The molecule has 2 aromatic heterocycles. The first-order valence-electron chi connectivity index (χ1n) is 6.17. The summed E-state index contributed by atoms with van der Waals surface area (Å²) in [7, 11) is 1.45. The van der Waals surface area contributed by atoms with Crippen molar-refractivity contribution in [3.8, 4) is 33.3 Å². The van der Waals surface area contributed by atoms with Gasteiger partial charge >= 0.3 is 5.69 Å². The van der Waals surface area contributed by atoms with Gasteiger partial charge in [0.25, 0.3) is 0 Å². The van der Waals surface area contributed by atoms with Crippen molar-refractivity contribution < 1.29 is 9.84 Å². The zero-order chi connectivity index (χ0) is 15.7. The van der Waals surface area contributed by atoms with E-state index >= 15 is 0 Å². The second-order valence-corrected chi connectivity index (χ2v) is 5.96. The van der Waals surface area contributed by atoms with E-state index in [1.165, 1.54) is 24.5 Å². The van der Waals surface area contributed by atoms with Crippen molar-refractivity contribution in [2.45, 2.75) is 0 Å². The highest BCUT2D eigenvalue weighted by atomic mass is 35.5. The Kier molecular flexibility index (Phi) is 3.82. The number of hydrogen-bond acceptors (Lipinski definition) is 6. The van der Waals surface area contributed by atoms with Gasteiger partial charge < -0.3 is 14.8 Å². The summed E-state index contributed by atoms with van der Waals surface area (Å²) < 4.78 is 5.46. The number of halogens is 1. The third kappa shape index (κ3) is 2.81. The molecule has 0 bridgehead atoms. The van der Waals surface area contributed by atoms with Gasteiger partial charge in [-0.2, -0.15) is 4.98 Å². The maximum atomic E-state index is 11.8. The average molecular weight is 336 g/mol. The smallest absolute Gasteiger partial charge is 0.345 e. The van der Waals surface area contributed by atoms with Crippen LogP contribution in [0.2, 0.25) is 4.47 Å². The molecule has 0 saturated heterocycles. The number of methoxy groups -OCH3 is 1. The summed E-state index contributed by atoms with van der Waals surface area (Å²) in [5, 5.41) is 9.64. The molecule has 8 heteroatoms. The number of hydrogen-bond donors (Lipinski definition) is 2. The minimum absolute atomic E-state index is 0.0190. The van der Waals surface area contributed by atoms with Gasteiger partial charge in [-0.25, -0.2) is 9.78 Å². The van der Waals surface area contributed by atoms with Crippen molar-refractivity contribution in [1.29, 1.82) is 0 Å². The fraction of sp³-hybridized carbons (Fsp3) is 0.0714. The van der Waals surface area contributed by atoms with Gasteiger partial charge in [-0.1, -0.05) is 11.6 Å². The van der Waals surface area contributed by atoms with Gasteiger partial charge in [0.05, 0.1) is 23.4 Å². The third-order valence-corrected chi connectivity index (χ3v) is 4.11. The molecule has 0 saturated carbocycles. The Labute approximate surface area is 134 Å². The average Bonchev–Trinajstić information content (AvgIpc) is 2.94. The van der Waals surface area contributed by atoms with Crippen molar-refractivity contribution in [1.82, 2.24) is 15.0 Å². The topological polar surface area (TPSA) is 88.1 Å². The summed E-state index contributed by atoms with van der Waals surface area (Å²) in [6.07, 6.45) is 1.58. The lowest BCUT2D eigenvalue weighted by atomic mass is 10.1. The molecule has 0 aliphatic heterocycles. The van der Waals surface area contributed by atoms with Crippen LogP contribution in [0.5, 0.6) is 11.5 Å². The normalized spacial score (nSPS) is 10.6. The van der Waals surface area contributed by atoms with E-state index in [2.05, 4.69) is 15.0 Å². The Morgan fingerprint density at radius 1 is 1.36 bits per heavy atom. The Morgan fingerprint density at radius 2 is 2.18 bits per heavy atom. The Balaban J connectivity index is 2.12. The summed E-state index contributed by atoms with van der Waals surface area (Å²) in [6.45, 7) is 0. The number of thiazole rings is 1.